The number of hydrogen-bond donors (Lipinski definition) is 2. The van der Waals surface area contributed by atoms with Crippen LogP contribution in [0.4, 0.5) is 0 Å². The van der Waals surface area contributed by atoms with E-state index in [4.69, 9.17) is 0 Å². The Bertz CT molecular complexity index is 363. The van der Waals surface area contributed by atoms with Crippen LogP contribution in [-0.2, 0) is 6.42 Å². The Hall–Kier alpha value is -0.861. The average Bonchev–Trinajstić information content (AvgIpc) is 1.95. The van der Waals surface area contributed by atoms with E-state index >= 15 is 0 Å². The summed E-state index contributed by atoms with van der Waals surface area (Å²) in [6.07, 6.45) is 3.95. The number of aromatic amines is 2. The minimum absolute atomic E-state index is 0.0719. The van der Waals surface area contributed by atoms with Crippen LogP contribution in [0, 0.1) is 4.32 Å². The van der Waals surface area contributed by atoms with E-state index in [0.29, 0.717) is 16.3 Å². The van der Waals surface area contributed by atoms with Crippen molar-refractivity contribution in [3.8, 4) is 0 Å². The fourth-order valence-electron chi connectivity index (χ4n) is 0.745. The molecule has 0 saturated heterocycles. The third kappa shape index (κ3) is 2.03. The second-order valence-corrected chi connectivity index (χ2v) is 2.95. The molecule has 11 heavy (non-hydrogen) atoms. The minimum atomic E-state index is -0.0719. The molecular formula is C7H8N2OSe. The predicted molar refractivity (Wildman–Crippen MR) is 44.3 cm³/mol. The molecular weight excluding hydrogens is 207 g/mol. The normalized spacial score (nSPS) is 9.45. The quantitative estimate of drug-likeness (QED) is 0.534. The van der Waals surface area contributed by atoms with Gasteiger partial charge in [0.15, 0.2) is 0 Å². The van der Waals surface area contributed by atoms with Crippen LogP contribution in [0.15, 0.2) is 23.6 Å². The van der Waals surface area contributed by atoms with Gasteiger partial charge in [-0.3, -0.25) is 0 Å². The molecule has 0 aliphatic rings. The van der Waals surface area contributed by atoms with E-state index in [-0.39, 0.29) is 5.56 Å². The first-order valence-corrected chi connectivity index (χ1v) is 4.01. The van der Waals surface area contributed by atoms with Crippen LogP contribution in [0.2, 0.25) is 0 Å². The van der Waals surface area contributed by atoms with Crippen LogP contribution in [0.3, 0.4) is 0 Å². The standard InChI is InChI=1S/C7H8N2OSe/c1-2-3-5-4-8-7(11)9-6(5)10/h2,4H,1,3H2,(H2,8,9,10,11). The Labute approximate surface area is 71.5 Å². The van der Waals surface area contributed by atoms with Crippen LogP contribution in [-0.4, -0.2) is 25.5 Å². The molecule has 3 nitrogen and oxygen atoms in total. The van der Waals surface area contributed by atoms with E-state index in [1.54, 1.807) is 12.3 Å². The van der Waals surface area contributed by atoms with Crippen molar-refractivity contribution in [3.63, 3.8) is 0 Å². The van der Waals surface area contributed by atoms with E-state index in [1.807, 2.05) is 0 Å². The van der Waals surface area contributed by atoms with Gasteiger partial charge < -0.3 is 0 Å². The van der Waals surface area contributed by atoms with E-state index in [9.17, 15) is 4.79 Å². The van der Waals surface area contributed by atoms with Crippen LogP contribution in [0.5, 0.6) is 0 Å². The van der Waals surface area contributed by atoms with Crippen LogP contribution in [0.25, 0.3) is 0 Å². The van der Waals surface area contributed by atoms with Gasteiger partial charge >= 0.3 is 71.1 Å². The Kier molecular flexibility index (Phi) is 2.63. The second-order valence-electron chi connectivity index (χ2n) is 2.09. The number of hydrogen-bond acceptors (Lipinski definition) is 1. The van der Waals surface area contributed by atoms with Crippen molar-refractivity contribution >= 4 is 15.6 Å². The molecule has 58 valence electrons. The summed E-state index contributed by atoms with van der Waals surface area (Å²) in [5, 5.41) is 0. The molecule has 0 fully saturated rings. The van der Waals surface area contributed by atoms with Crippen molar-refractivity contribution in [2.45, 2.75) is 6.42 Å². The molecule has 0 amide bonds. The number of allylic oxidation sites excluding steroid dienone is 1. The molecule has 0 aliphatic carbocycles. The van der Waals surface area contributed by atoms with Crippen LogP contribution >= 0.6 is 0 Å². The summed E-state index contributed by atoms with van der Waals surface area (Å²) in [6, 6.07) is 0. The molecule has 0 bridgehead atoms. The molecule has 1 aromatic heterocycles. The van der Waals surface area contributed by atoms with E-state index < -0.39 is 0 Å². The van der Waals surface area contributed by atoms with Gasteiger partial charge in [0.1, 0.15) is 0 Å². The number of rotatable bonds is 2. The van der Waals surface area contributed by atoms with Crippen LogP contribution < -0.4 is 5.56 Å². The first kappa shape index (κ1) is 8.24. The molecule has 0 aromatic carbocycles. The third-order valence-electron chi connectivity index (χ3n) is 1.26. The fourth-order valence-corrected chi connectivity index (χ4v) is 1.06. The molecule has 1 rings (SSSR count). The third-order valence-corrected chi connectivity index (χ3v) is 1.72. The zero-order valence-corrected chi connectivity index (χ0v) is 7.60. The SMILES string of the molecule is C=CCc1c[nH]c(=[Se])[nH]c1=O. The van der Waals surface area contributed by atoms with Crippen molar-refractivity contribution in [1.29, 1.82) is 0 Å². The molecule has 0 spiro atoms. The van der Waals surface area contributed by atoms with Crippen molar-refractivity contribution in [2.24, 2.45) is 0 Å². The summed E-state index contributed by atoms with van der Waals surface area (Å²) < 4.78 is 0.641. The van der Waals surface area contributed by atoms with Crippen LogP contribution in [0.1, 0.15) is 5.56 Å². The Morgan fingerprint density at radius 3 is 3.00 bits per heavy atom. The molecule has 1 aromatic rings. The van der Waals surface area contributed by atoms with Crippen molar-refractivity contribution in [1.82, 2.24) is 9.97 Å². The van der Waals surface area contributed by atoms with Gasteiger partial charge in [-0.25, -0.2) is 0 Å². The molecule has 0 radical (unpaired) electrons. The van der Waals surface area contributed by atoms with Gasteiger partial charge in [-0.2, -0.15) is 0 Å². The summed E-state index contributed by atoms with van der Waals surface area (Å²) >= 11 is 2.68. The monoisotopic (exact) mass is 216 g/mol. The fraction of sp³-hybridized carbons (Fsp3) is 0.143. The van der Waals surface area contributed by atoms with Gasteiger partial charge in [0.05, 0.1) is 0 Å². The van der Waals surface area contributed by atoms with Gasteiger partial charge in [0.25, 0.3) is 0 Å². The summed E-state index contributed by atoms with van der Waals surface area (Å²) in [5.74, 6) is 0. The number of aromatic nitrogens is 2. The Morgan fingerprint density at radius 2 is 2.45 bits per heavy atom. The topological polar surface area (TPSA) is 48.6 Å². The van der Waals surface area contributed by atoms with Crippen molar-refractivity contribution in [2.75, 3.05) is 0 Å². The zero-order valence-electron chi connectivity index (χ0n) is 5.89. The summed E-state index contributed by atoms with van der Waals surface area (Å²) in [7, 11) is 0. The van der Waals surface area contributed by atoms with E-state index in [2.05, 4.69) is 32.1 Å². The first-order chi connectivity index (χ1) is 5.24. The first-order valence-electron chi connectivity index (χ1n) is 3.16. The van der Waals surface area contributed by atoms with Gasteiger partial charge in [0, 0.05) is 0 Å². The molecule has 0 atom stereocenters. The Balaban J connectivity index is 3.19. The number of nitrogens with one attached hydrogen (secondary N) is 2. The van der Waals surface area contributed by atoms with Crippen molar-refractivity contribution < 1.29 is 0 Å². The molecule has 2 N–H and O–H groups in total. The van der Waals surface area contributed by atoms with E-state index in [0.717, 1.165) is 0 Å². The van der Waals surface area contributed by atoms with Crippen molar-refractivity contribution in [3.05, 3.63) is 39.1 Å². The predicted octanol–water partition coefficient (Wildman–Crippen LogP) is 0.132. The van der Waals surface area contributed by atoms with E-state index in [1.165, 1.54) is 0 Å². The van der Waals surface area contributed by atoms with Gasteiger partial charge in [-0.1, -0.05) is 0 Å². The summed E-state index contributed by atoms with van der Waals surface area (Å²) in [5.41, 5.74) is 0.622. The zero-order chi connectivity index (χ0) is 8.27. The maximum atomic E-state index is 11.1. The number of H-pyrrole nitrogens is 2. The van der Waals surface area contributed by atoms with Gasteiger partial charge in [-0.05, 0) is 0 Å². The second kappa shape index (κ2) is 3.51. The molecule has 1 heterocycles. The van der Waals surface area contributed by atoms with Gasteiger partial charge in [0.2, 0.25) is 0 Å². The molecule has 0 saturated carbocycles. The summed E-state index contributed by atoms with van der Waals surface area (Å²) in [6.45, 7) is 3.55. The maximum absolute atomic E-state index is 11.1. The molecule has 0 aliphatic heterocycles. The Morgan fingerprint density at radius 1 is 1.73 bits per heavy atom. The molecule has 0 unspecified atom stereocenters. The average molecular weight is 215 g/mol. The van der Waals surface area contributed by atoms with Gasteiger partial charge in [-0.15, -0.1) is 0 Å². The summed E-state index contributed by atoms with van der Waals surface area (Å²) in [4.78, 5) is 16.6. The molecule has 4 heteroatoms.